The van der Waals surface area contributed by atoms with E-state index in [1.165, 1.54) is 0 Å². The summed E-state index contributed by atoms with van der Waals surface area (Å²) >= 11 is 11.1. The molecule has 0 aliphatic carbocycles. The highest BCUT2D eigenvalue weighted by atomic mass is 35.5. The molecule has 0 bridgehead atoms. The van der Waals surface area contributed by atoms with Crippen molar-refractivity contribution >= 4 is 34.6 Å². The maximum absolute atomic E-state index is 8.79. The molecular weight excluding hydrogens is 254 g/mol. The molecule has 2 N–H and O–H groups in total. The van der Waals surface area contributed by atoms with Gasteiger partial charge in [0, 0.05) is 6.54 Å². The normalized spacial score (nSPS) is 9.47. The summed E-state index contributed by atoms with van der Waals surface area (Å²) in [5, 5.41) is 15.9. The van der Waals surface area contributed by atoms with Gasteiger partial charge in [-0.15, -0.1) is 0 Å². The van der Waals surface area contributed by atoms with E-state index in [9.17, 15) is 0 Å². The quantitative estimate of drug-likeness (QED) is 0.649. The van der Waals surface area contributed by atoms with Crippen LogP contribution in [-0.4, -0.2) is 11.7 Å². The van der Waals surface area contributed by atoms with Crippen LogP contribution in [0.1, 0.15) is 25.3 Å². The summed E-state index contributed by atoms with van der Waals surface area (Å²) in [5.41, 5.74) is 1.20. The summed E-state index contributed by atoms with van der Waals surface area (Å²) < 4.78 is 0. The summed E-state index contributed by atoms with van der Waals surface area (Å²) in [7, 11) is 0. The highest BCUT2D eigenvalue weighted by Crippen LogP contribution is 2.22. The van der Waals surface area contributed by atoms with Gasteiger partial charge in [-0.05, 0) is 36.8 Å². The fourth-order valence-corrected chi connectivity index (χ4v) is 1.61. The van der Waals surface area contributed by atoms with Crippen LogP contribution in [0, 0.1) is 11.3 Å². The van der Waals surface area contributed by atoms with Gasteiger partial charge in [-0.1, -0.05) is 24.9 Å². The van der Waals surface area contributed by atoms with Crippen LogP contribution in [0.2, 0.25) is 5.02 Å². The first-order valence-corrected chi connectivity index (χ1v) is 6.20. The van der Waals surface area contributed by atoms with Crippen molar-refractivity contribution in [1.29, 1.82) is 5.26 Å². The van der Waals surface area contributed by atoms with Crippen LogP contribution in [0.25, 0.3) is 0 Å². The van der Waals surface area contributed by atoms with Gasteiger partial charge in [-0.25, -0.2) is 0 Å². The number of halogens is 1. The molecule has 1 rings (SSSR count). The Hall–Kier alpha value is -1.31. The van der Waals surface area contributed by atoms with Gasteiger partial charge in [-0.3, -0.25) is 0 Å². The third kappa shape index (κ3) is 4.59. The van der Waals surface area contributed by atoms with E-state index in [0.717, 1.165) is 19.4 Å². The fourth-order valence-electron chi connectivity index (χ4n) is 1.24. The van der Waals surface area contributed by atoms with E-state index in [1.54, 1.807) is 18.2 Å². The van der Waals surface area contributed by atoms with E-state index in [0.29, 0.717) is 21.4 Å². The number of nitrogens with zero attached hydrogens (tertiary/aromatic N) is 1. The first kappa shape index (κ1) is 13.8. The van der Waals surface area contributed by atoms with Crippen molar-refractivity contribution in [1.82, 2.24) is 5.32 Å². The number of nitriles is 1. The number of hydrogen-bond acceptors (Lipinski definition) is 2. The van der Waals surface area contributed by atoms with E-state index < -0.39 is 0 Å². The minimum Gasteiger partial charge on any atom is -0.362 e. The van der Waals surface area contributed by atoms with Crippen molar-refractivity contribution in [2.75, 3.05) is 11.9 Å². The average Bonchev–Trinajstić information content (AvgIpc) is 2.32. The topological polar surface area (TPSA) is 47.8 Å². The number of thiocarbonyl (C=S) groups is 1. The van der Waals surface area contributed by atoms with Gasteiger partial charge >= 0.3 is 0 Å². The highest BCUT2D eigenvalue weighted by molar-refractivity contribution is 7.80. The van der Waals surface area contributed by atoms with E-state index >= 15 is 0 Å². The zero-order valence-electron chi connectivity index (χ0n) is 9.59. The van der Waals surface area contributed by atoms with Crippen molar-refractivity contribution in [3.05, 3.63) is 28.8 Å². The molecule has 3 nitrogen and oxygen atoms in total. The lowest BCUT2D eigenvalue weighted by Crippen LogP contribution is -2.29. The lowest BCUT2D eigenvalue weighted by Gasteiger charge is -2.11. The van der Waals surface area contributed by atoms with Gasteiger partial charge in [0.15, 0.2) is 5.11 Å². The summed E-state index contributed by atoms with van der Waals surface area (Å²) in [6.45, 7) is 2.95. The zero-order chi connectivity index (χ0) is 12.7. The van der Waals surface area contributed by atoms with Gasteiger partial charge in [0.05, 0.1) is 22.3 Å². The Balaban J connectivity index is 2.61. The molecule has 17 heavy (non-hydrogen) atoms. The Labute approximate surface area is 112 Å². The Morgan fingerprint density at radius 2 is 2.29 bits per heavy atom. The highest BCUT2D eigenvalue weighted by Gasteiger charge is 2.03. The molecule has 0 unspecified atom stereocenters. The second kappa shape index (κ2) is 7.10. The molecule has 0 aliphatic heterocycles. The van der Waals surface area contributed by atoms with Gasteiger partial charge in [0.25, 0.3) is 0 Å². The van der Waals surface area contributed by atoms with E-state index in [1.807, 2.05) is 0 Å². The van der Waals surface area contributed by atoms with E-state index in [2.05, 4.69) is 23.6 Å². The molecule has 0 saturated carbocycles. The number of anilines is 1. The predicted octanol–water partition coefficient (Wildman–Crippen LogP) is 3.30. The Morgan fingerprint density at radius 1 is 1.53 bits per heavy atom. The minimum atomic E-state index is 0.524. The second-order valence-corrected chi connectivity index (χ2v) is 4.36. The Kier molecular flexibility index (Phi) is 5.75. The molecular formula is C12H14ClN3S. The standard InChI is InChI=1S/C12H14ClN3S/c1-2-3-6-15-12(17)16-11-7-9(8-14)4-5-10(11)13/h4-5,7H,2-3,6H2,1H3,(H2,15,16,17). The van der Waals surface area contributed by atoms with Crippen LogP contribution in [-0.2, 0) is 0 Å². The number of hydrogen-bond donors (Lipinski definition) is 2. The van der Waals surface area contributed by atoms with Crippen molar-refractivity contribution in [3.63, 3.8) is 0 Å². The number of rotatable bonds is 4. The number of benzene rings is 1. The monoisotopic (exact) mass is 267 g/mol. The third-order valence-electron chi connectivity index (χ3n) is 2.16. The molecule has 0 aromatic heterocycles. The molecule has 5 heteroatoms. The molecule has 0 aliphatic rings. The number of nitrogens with one attached hydrogen (secondary N) is 2. The smallest absolute Gasteiger partial charge is 0.170 e. The van der Waals surface area contributed by atoms with Crippen LogP contribution >= 0.6 is 23.8 Å². The van der Waals surface area contributed by atoms with Crippen molar-refractivity contribution in [3.8, 4) is 6.07 Å². The van der Waals surface area contributed by atoms with Crippen molar-refractivity contribution in [2.45, 2.75) is 19.8 Å². The molecule has 0 heterocycles. The van der Waals surface area contributed by atoms with Crippen molar-refractivity contribution < 1.29 is 0 Å². The lowest BCUT2D eigenvalue weighted by molar-refractivity contribution is 0.758. The molecule has 1 aromatic rings. The third-order valence-corrected chi connectivity index (χ3v) is 2.74. The van der Waals surface area contributed by atoms with Crippen LogP contribution in [0.4, 0.5) is 5.69 Å². The van der Waals surface area contributed by atoms with Crippen LogP contribution in [0.3, 0.4) is 0 Å². The first-order chi connectivity index (χ1) is 8.17. The molecule has 0 radical (unpaired) electrons. The van der Waals surface area contributed by atoms with Gasteiger partial charge in [0.2, 0.25) is 0 Å². The van der Waals surface area contributed by atoms with E-state index in [4.69, 9.17) is 29.1 Å². The van der Waals surface area contributed by atoms with E-state index in [-0.39, 0.29) is 0 Å². The molecule has 90 valence electrons. The SMILES string of the molecule is CCCCNC(=S)Nc1cc(C#N)ccc1Cl. The molecule has 1 aromatic carbocycles. The van der Waals surface area contributed by atoms with Crippen molar-refractivity contribution in [2.24, 2.45) is 0 Å². The first-order valence-electron chi connectivity index (χ1n) is 5.42. The molecule has 0 saturated heterocycles. The summed E-state index contributed by atoms with van der Waals surface area (Å²) in [6.07, 6.45) is 2.17. The Bertz CT molecular complexity index is 440. The molecule has 0 amide bonds. The van der Waals surface area contributed by atoms with Crippen LogP contribution in [0.5, 0.6) is 0 Å². The van der Waals surface area contributed by atoms with Gasteiger partial charge < -0.3 is 10.6 Å². The fraction of sp³-hybridized carbons (Fsp3) is 0.333. The van der Waals surface area contributed by atoms with Gasteiger partial charge in [-0.2, -0.15) is 5.26 Å². The maximum atomic E-state index is 8.79. The van der Waals surface area contributed by atoms with Crippen LogP contribution in [0.15, 0.2) is 18.2 Å². The zero-order valence-corrected chi connectivity index (χ0v) is 11.2. The Morgan fingerprint density at radius 3 is 2.94 bits per heavy atom. The maximum Gasteiger partial charge on any atom is 0.170 e. The summed E-state index contributed by atoms with van der Waals surface area (Å²) in [5.74, 6) is 0. The lowest BCUT2D eigenvalue weighted by atomic mass is 10.2. The summed E-state index contributed by atoms with van der Waals surface area (Å²) in [4.78, 5) is 0. The second-order valence-electron chi connectivity index (χ2n) is 3.54. The largest absolute Gasteiger partial charge is 0.362 e. The molecule has 0 atom stereocenters. The summed E-state index contributed by atoms with van der Waals surface area (Å²) in [6, 6.07) is 7.08. The minimum absolute atomic E-state index is 0.524. The molecule has 0 fully saturated rings. The predicted molar refractivity (Wildman–Crippen MR) is 75.3 cm³/mol. The van der Waals surface area contributed by atoms with Crippen LogP contribution < -0.4 is 10.6 Å². The number of unbranched alkanes of at least 4 members (excludes halogenated alkanes) is 1. The van der Waals surface area contributed by atoms with Gasteiger partial charge in [0.1, 0.15) is 0 Å². The average molecular weight is 268 g/mol. The molecule has 0 spiro atoms.